The Morgan fingerprint density at radius 2 is 2.55 bits per heavy atom. The summed E-state index contributed by atoms with van der Waals surface area (Å²) in [4.78, 5) is 0. The van der Waals surface area contributed by atoms with Gasteiger partial charge in [0.15, 0.2) is 0 Å². The second kappa shape index (κ2) is 4.04. The van der Waals surface area contributed by atoms with Crippen molar-refractivity contribution in [2.24, 2.45) is 0 Å². The van der Waals surface area contributed by atoms with E-state index in [4.69, 9.17) is 5.26 Å². The van der Waals surface area contributed by atoms with Crippen LogP contribution in [0.5, 0.6) is 0 Å². The first-order valence-corrected chi connectivity index (χ1v) is 4.43. The van der Waals surface area contributed by atoms with Gasteiger partial charge in [0.05, 0.1) is 12.1 Å². The normalized spacial score (nSPS) is 26.0. The van der Waals surface area contributed by atoms with Crippen molar-refractivity contribution in [1.82, 2.24) is 8.43 Å². The topological polar surface area (TPSA) is 39.1 Å². The summed E-state index contributed by atoms with van der Waals surface area (Å²) in [6, 6.07) is 2.23. The first-order chi connectivity index (χ1) is 5.24. The molecule has 0 bridgehead atoms. The van der Waals surface area contributed by atoms with Crippen molar-refractivity contribution >= 4 is 22.9 Å². The van der Waals surface area contributed by atoms with Gasteiger partial charge in [0.1, 0.15) is 0 Å². The van der Waals surface area contributed by atoms with Crippen LogP contribution in [0.15, 0.2) is 12.2 Å². The Morgan fingerprint density at radius 1 is 1.82 bits per heavy atom. The zero-order valence-corrected chi connectivity index (χ0v) is 8.34. The molecule has 0 radical (unpaired) electrons. The number of hydrogen-bond acceptors (Lipinski definition) is 3. The van der Waals surface area contributed by atoms with Crippen LogP contribution < -0.4 is 5.32 Å². The number of nitrogens with zero attached hydrogens (tertiary/aromatic N) is 2. The summed E-state index contributed by atoms with van der Waals surface area (Å²) < 4.78 is 2.17. The van der Waals surface area contributed by atoms with Crippen LogP contribution >= 0.6 is 22.9 Å². The number of nitriles is 1. The van der Waals surface area contributed by atoms with Crippen molar-refractivity contribution < 1.29 is 0 Å². The van der Waals surface area contributed by atoms with E-state index < -0.39 is 0 Å². The highest BCUT2D eigenvalue weighted by molar-refractivity contribution is 14.1. The number of nitrogens with one attached hydrogen (secondary N) is 1. The summed E-state index contributed by atoms with van der Waals surface area (Å²) in [5.41, 5.74) is 0.631. The summed E-state index contributed by atoms with van der Waals surface area (Å²) in [7, 11) is 0. The standard InChI is InChI=1S/C7H10IN3/c1-6(4-9)7-5-11(8)3-2-10-7/h7,10H,1-3,5H2/t7-/m1/s1. The summed E-state index contributed by atoms with van der Waals surface area (Å²) in [5.74, 6) is 0. The smallest absolute Gasteiger partial charge is 0.0958 e. The van der Waals surface area contributed by atoms with Crippen molar-refractivity contribution in [3.8, 4) is 6.07 Å². The Bertz CT molecular complexity index is 196. The van der Waals surface area contributed by atoms with Crippen LogP contribution in [0.1, 0.15) is 0 Å². The molecule has 11 heavy (non-hydrogen) atoms. The lowest BCUT2D eigenvalue weighted by molar-refractivity contribution is 0.371. The maximum Gasteiger partial charge on any atom is 0.0958 e. The summed E-state index contributed by atoms with van der Waals surface area (Å²) in [6.45, 7) is 6.54. The van der Waals surface area contributed by atoms with Gasteiger partial charge in [0, 0.05) is 48.1 Å². The lowest BCUT2D eigenvalue weighted by Gasteiger charge is -2.28. The molecule has 3 nitrogen and oxygen atoms in total. The van der Waals surface area contributed by atoms with Crippen LogP contribution in [0.2, 0.25) is 0 Å². The Hall–Kier alpha value is -0.120. The summed E-state index contributed by atoms with van der Waals surface area (Å²) >= 11 is 2.26. The van der Waals surface area contributed by atoms with Gasteiger partial charge in [-0.3, -0.25) is 0 Å². The third-order valence-electron chi connectivity index (χ3n) is 1.69. The van der Waals surface area contributed by atoms with E-state index in [0.29, 0.717) is 5.57 Å². The number of rotatable bonds is 1. The van der Waals surface area contributed by atoms with Gasteiger partial charge in [-0.25, -0.2) is 3.11 Å². The van der Waals surface area contributed by atoms with Gasteiger partial charge in [-0.2, -0.15) is 5.26 Å². The SMILES string of the molecule is C=C(C#N)[C@H]1CN(I)CCN1. The third-order valence-corrected chi connectivity index (χ3v) is 2.57. The van der Waals surface area contributed by atoms with E-state index in [-0.39, 0.29) is 6.04 Å². The monoisotopic (exact) mass is 263 g/mol. The average Bonchev–Trinajstić information content (AvgIpc) is 2.03. The van der Waals surface area contributed by atoms with Gasteiger partial charge in [-0.15, -0.1) is 0 Å². The van der Waals surface area contributed by atoms with E-state index in [1.165, 1.54) is 0 Å². The second-order valence-corrected chi connectivity index (χ2v) is 3.88. The van der Waals surface area contributed by atoms with E-state index >= 15 is 0 Å². The lowest BCUT2D eigenvalue weighted by Crippen LogP contribution is -2.47. The number of halogens is 1. The lowest BCUT2D eigenvalue weighted by atomic mass is 10.1. The van der Waals surface area contributed by atoms with Gasteiger partial charge >= 0.3 is 0 Å². The first-order valence-electron chi connectivity index (χ1n) is 3.47. The van der Waals surface area contributed by atoms with Crippen LogP contribution in [0.3, 0.4) is 0 Å². The minimum absolute atomic E-state index is 0.158. The fourth-order valence-corrected chi connectivity index (χ4v) is 1.66. The molecule has 1 heterocycles. The van der Waals surface area contributed by atoms with Gasteiger partial charge in [-0.05, 0) is 0 Å². The third kappa shape index (κ3) is 2.43. The van der Waals surface area contributed by atoms with Crippen molar-refractivity contribution in [2.75, 3.05) is 19.6 Å². The molecule has 1 rings (SSSR count). The molecule has 0 saturated carbocycles. The highest BCUT2D eigenvalue weighted by Gasteiger charge is 2.19. The maximum absolute atomic E-state index is 8.56. The molecule has 1 atom stereocenters. The minimum Gasteiger partial charge on any atom is -0.307 e. The van der Waals surface area contributed by atoms with Crippen LogP contribution in [0.25, 0.3) is 0 Å². The molecule has 4 heteroatoms. The molecule has 0 aromatic rings. The van der Waals surface area contributed by atoms with Gasteiger partial charge in [0.25, 0.3) is 0 Å². The van der Waals surface area contributed by atoms with E-state index in [2.05, 4.69) is 43.9 Å². The van der Waals surface area contributed by atoms with Gasteiger partial charge in [0.2, 0.25) is 0 Å². The largest absolute Gasteiger partial charge is 0.307 e. The molecule has 1 aliphatic heterocycles. The summed E-state index contributed by atoms with van der Waals surface area (Å²) in [6.07, 6.45) is 0. The molecule has 0 aliphatic carbocycles. The fourth-order valence-electron chi connectivity index (χ4n) is 1.03. The number of piperazine rings is 1. The highest BCUT2D eigenvalue weighted by Crippen LogP contribution is 2.09. The van der Waals surface area contributed by atoms with Gasteiger partial charge < -0.3 is 5.32 Å². The molecule has 0 unspecified atom stereocenters. The fraction of sp³-hybridized carbons (Fsp3) is 0.571. The average molecular weight is 263 g/mol. The van der Waals surface area contributed by atoms with Crippen LogP contribution in [-0.2, 0) is 0 Å². The molecule has 60 valence electrons. The molecule has 0 spiro atoms. The molecule has 0 aromatic carbocycles. The Kier molecular flexibility index (Phi) is 3.30. The second-order valence-electron chi connectivity index (χ2n) is 2.51. The predicted molar refractivity (Wildman–Crippen MR) is 52.1 cm³/mol. The molecular formula is C7H10IN3. The van der Waals surface area contributed by atoms with Crippen LogP contribution in [0, 0.1) is 11.3 Å². The Labute approximate surface area is 80.6 Å². The van der Waals surface area contributed by atoms with Crippen molar-refractivity contribution in [1.29, 1.82) is 5.26 Å². The van der Waals surface area contributed by atoms with Crippen LogP contribution in [0.4, 0.5) is 0 Å². The quantitative estimate of drug-likeness (QED) is 0.430. The molecular weight excluding hydrogens is 253 g/mol. The molecule has 0 amide bonds. The Morgan fingerprint density at radius 3 is 3.09 bits per heavy atom. The Balaban J connectivity index is 2.47. The first kappa shape index (κ1) is 8.97. The predicted octanol–water partition coefficient (Wildman–Crippen LogP) is 0.690. The van der Waals surface area contributed by atoms with E-state index in [1.807, 2.05) is 0 Å². The van der Waals surface area contributed by atoms with Gasteiger partial charge in [-0.1, -0.05) is 6.58 Å². The van der Waals surface area contributed by atoms with Crippen LogP contribution in [-0.4, -0.2) is 28.8 Å². The van der Waals surface area contributed by atoms with E-state index in [1.54, 1.807) is 0 Å². The molecule has 1 N–H and O–H groups in total. The molecule has 1 aliphatic rings. The molecule has 1 fully saturated rings. The minimum atomic E-state index is 0.158. The van der Waals surface area contributed by atoms with E-state index in [0.717, 1.165) is 19.6 Å². The van der Waals surface area contributed by atoms with Crippen molar-refractivity contribution in [2.45, 2.75) is 6.04 Å². The maximum atomic E-state index is 8.56. The van der Waals surface area contributed by atoms with Crippen molar-refractivity contribution in [3.63, 3.8) is 0 Å². The summed E-state index contributed by atoms with van der Waals surface area (Å²) in [5, 5.41) is 11.8. The molecule has 1 saturated heterocycles. The number of hydrogen-bond donors (Lipinski definition) is 1. The highest BCUT2D eigenvalue weighted by atomic mass is 127. The van der Waals surface area contributed by atoms with Crippen molar-refractivity contribution in [3.05, 3.63) is 12.2 Å². The zero-order chi connectivity index (χ0) is 8.27. The molecule has 0 aromatic heterocycles. The van der Waals surface area contributed by atoms with E-state index in [9.17, 15) is 0 Å². The zero-order valence-electron chi connectivity index (χ0n) is 6.18.